The van der Waals surface area contributed by atoms with Crippen molar-refractivity contribution in [2.24, 2.45) is 0 Å². The van der Waals surface area contributed by atoms with Crippen molar-refractivity contribution < 1.29 is 4.79 Å². The Hall–Kier alpha value is -0.830. The van der Waals surface area contributed by atoms with Gasteiger partial charge in [-0.1, -0.05) is 13.3 Å². The molecule has 1 rings (SSSR count). The van der Waals surface area contributed by atoms with E-state index in [-0.39, 0.29) is 0 Å². The summed E-state index contributed by atoms with van der Waals surface area (Å²) in [7, 11) is 0. The average Bonchev–Trinajstić information content (AvgIpc) is 2.43. The first-order valence-electron chi connectivity index (χ1n) is 4.39. The van der Waals surface area contributed by atoms with Crippen LogP contribution in [0.4, 0.5) is 0 Å². The van der Waals surface area contributed by atoms with Gasteiger partial charge in [-0.05, 0) is 24.9 Å². The first-order chi connectivity index (χ1) is 6.15. The molecule has 0 fully saturated rings. The van der Waals surface area contributed by atoms with Gasteiger partial charge in [-0.2, -0.15) is 5.10 Å². The number of hydrogen-bond donors (Lipinski definition) is 0. The van der Waals surface area contributed by atoms with Crippen LogP contribution in [-0.2, 0) is 6.54 Å². The highest BCUT2D eigenvalue weighted by atomic mass is 35.5. The SMILES string of the molecule is CCCCn1cc(C(=O)Cl)c(C)n1. The van der Waals surface area contributed by atoms with E-state index < -0.39 is 5.24 Å². The number of aryl methyl sites for hydroxylation is 2. The first-order valence-corrected chi connectivity index (χ1v) is 4.76. The van der Waals surface area contributed by atoms with E-state index in [1.54, 1.807) is 17.8 Å². The molecule has 1 aromatic heterocycles. The Morgan fingerprint density at radius 2 is 2.38 bits per heavy atom. The van der Waals surface area contributed by atoms with Crippen molar-refractivity contribution in [3.05, 3.63) is 17.5 Å². The van der Waals surface area contributed by atoms with E-state index >= 15 is 0 Å². The Morgan fingerprint density at radius 3 is 2.85 bits per heavy atom. The maximum absolute atomic E-state index is 10.9. The molecular weight excluding hydrogens is 188 g/mol. The summed E-state index contributed by atoms with van der Waals surface area (Å²) in [6, 6.07) is 0. The van der Waals surface area contributed by atoms with Gasteiger partial charge in [0.1, 0.15) is 0 Å². The van der Waals surface area contributed by atoms with Gasteiger partial charge in [-0.3, -0.25) is 9.48 Å². The smallest absolute Gasteiger partial charge is 0.255 e. The van der Waals surface area contributed by atoms with Crippen LogP contribution < -0.4 is 0 Å². The summed E-state index contributed by atoms with van der Waals surface area (Å²) in [6.07, 6.45) is 3.89. The molecule has 0 unspecified atom stereocenters. The molecule has 0 aliphatic heterocycles. The third-order valence-corrected chi connectivity index (χ3v) is 2.10. The van der Waals surface area contributed by atoms with Crippen LogP contribution >= 0.6 is 11.6 Å². The fourth-order valence-corrected chi connectivity index (χ4v) is 1.33. The fourth-order valence-electron chi connectivity index (χ4n) is 1.15. The summed E-state index contributed by atoms with van der Waals surface area (Å²) < 4.78 is 1.77. The first kappa shape index (κ1) is 10.3. The predicted octanol–water partition coefficient (Wildman–Crippen LogP) is 2.37. The molecule has 0 bridgehead atoms. The lowest BCUT2D eigenvalue weighted by atomic mass is 10.3. The zero-order valence-electron chi connectivity index (χ0n) is 7.88. The van der Waals surface area contributed by atoms with Gasteiger partial charge in [-0.15, -0.1) is 0 Å². The van der Waals surface area contributed by atoms with Gasteiger partial charge < -0.3 is 0 Å². The minimum atomic E-state index is -0.430. The van der Waals surface area contributed by atoms with Crippen molar-refractivity contribution in [3.63, 3.8) is 0 Å². The molecule has 0 aliphatic rings. The van der Waals surface area contributed by atoms with Crippen LogP contribution in [0.1, 0.15) is 35.8 Å². The number of hydrogen-bond acceptors (Lipinski definition) is 2. The van der Waals surface area contributed by atoms with Gasteiger partial charge in [0.25, 0.3) is 5.24 Å². The lowest BCUT2D eigenvalue weighted by Crippen LogP contribution is -1.97. The van der Waals surface area contributed by atoms with Crippen molar-refractivity contribution in [2.45, 2.75) is 33.2 Å². The topological polar surface area (TPSA) is 34.9 Å². The second kappa shape index (κ2) is 4.42. The van der Waals surface area contributed by atoms with Crippen LogP contribution in [0.15, 0.2) is 6.20 Å². The van der Waals surface area contributed by atoms with E-state index in [4.69, 9.17) is 11.6 Å². The van der Waals surface area contributed by atoms with Crippen LogP contribution in [0, 0.1) is 6.92 Å². The number of nitrogens with zero attached hydrogens (tertiary/aromatic N) is 2. The Bertz CT molecular complexity index is 307. The van der Waals surface area contributed by atoms with Gasteiger partial charge in [0.2, 0.25) is 0 Å². The lowest BCUT2D eigenvalue weighted by Gasteiger charge is -1.96. The Kier molecular flexibility index (Phi) is 3.48. The zero-order valence-corrected chi connectivity index (χ0v) is 8.64. The molecule has 0 spiro atoms. The van der Waals surface area contributed by atoms with Crippen LogP contribution in [0.2, 0.25) is 0 Å². The van der Waals surface area contributed by atoms with E-state index in [9.17, 15) is 4.79 Å². The maximum Gasteiger partial charge on any atom is 0.255 e. The van der Waals surface area contributed by atoms with Gasteiger partial charge in [0.15, 0.2) is 0 Å². The van der Waals surface area contributed by atoms with Crippen molar-refractivity contribution in [2.75, 3.05) is 0 Å². The third kappa shape index (κ3) is 2.56. The molecule has 3 nitrogen and oxygen atoms in total. The minimum absolute atomic E-state index is 0.430. The van der Waals surface area contributed by atoms with Crippen LogP contribution in [-0.4, -0.2) is 15.0 Å². The molecule has 72 valence electrons. The van der Waals surface area contributed by atoms with E-state index in [0.717, 1.165) is 19.4 Å². The van der Waals surface area contributed by atoms with Gasteiger partial charge >= 0.3 is 0 Å². The highest BCUT2D eigenvalue weighted by Crippen LogP contribution is 2.09. The van der Waals surface area contributed by atoms with Crippen molar-refractivity contribution in [3.8, 4) is 0 Å². The van der Waals surface area contributed by atoms with Gasteiger partial charge in [-0.25, -0.2) is 0 Å². The summed E-state index contributed by atoms with van der Waals surface area (Å²) in [5, 5.41) is 3.75. The number of carbonyl (C=O) groups excluding carboxylic acids is 1. The number of aromatic nitrogens is 2. The molecule has 0 saturated carbocycles. The molecule has 1 aromatic rings. The predicted molar refractivity (Wildman–Crippen MR) is 52.1 cm³/mol. The van der Waals surface area contributed by atoms with Crippen LogP contribution in [0.25, 0.3) is 0 Å². The summed E-state index contributed by atoms with van der Waals surface area (Å²) in [5.74, 6) is 0. The summed E-state index contributed by atoms with van der Waals surface area (Å²) in [5.41, 5.74) is 1.22. The van der Waals surface area contributed by atoms with Crippen LogP contribution in [0.5, 0.6) is 0 Å². The molecule has 0 aliphatic carbocycles. The second-order valence-electron chi connectivity index (χ2n) is 3.02. The number of carbonyl (C=O) groups is 1. The quantitative estimate of drug-likeness (QED) is 0.700. The minimum Gasteiger partial charge on any atom is -0.275 e. The summed E-state index contributed by atoms with van der Waals surface area (Å²) in [4.78, 5) is 10.9. The van der Waals surface area contributed by atoms with Gasteiger partial charge in [0, 0.05) is 12.7 Å². The highest BCUT2D eigenvalue weighted by molar-refractivity contribution is 6.67. The third-order valence-electron chi connectivity index (χ3n) is 1.90. The highest BCUT2D eigenvalue weighted by Gasteiger charge is 2.09. The number of unbranched alkanes of at least 4 members (excludes halogenated alkanes) is 1. The Morgan fingerprint density at radius 1 is 1.69 bits per heavy atom. The van der Waals surface area contributed by atoms with Gasteiger partial charge in [0.05, 0.1) is 11.3 Å². The molecule has 1 heterocycles. The van der Waals surface area contributed by atoms with Crippen molar-refractivity contribution in [1.82, 2.24) is 9.78 Å². The Balaban J connectivity index is 2.76. The molecule has 0 N–H and O–H groups in total. The molecule has 0 atom stereocenters. The number of halogens is 1. The van der Waals surface area contributed by atoms with E-state index in [1.807, 2.05) is 0 Å². The Labute approximate surface area is 82.7 Å². The summed E-state index contributed by atoms with van der Waals surface area (Å²) in [6.45, 7) is 4.75. The number of rotatable bonds is 4. The van der Waals surface area contributed by atoms with E-state index in [1.165, 1.54) is 0 Å². The van der Waals surface area contributed by atoms with E-state index in [0.29, 0.717) is 11.3 Å². The van der Waals surface area contributed by atoms with Crippen molar-refractivity contribution >= 4 is 16.8 Å². The molecule has 13 heavy (non-hydrogen) atoms. The molecule has 0 amide bonds. The maximum atomic E-state index is 10.9. The molecule has 0 radical (unpaired) electrons. The zero-order chi connectivity index (χ0) is 9.84. The monoisotopic (exact) mass is 200 g/mol. The standard InChI is InChI=1S/C9H13ClN2O/c1-3-4-5-12-6-8(9(10)13)7(2)11-12/h6H,3-5H2,1-2H3. The largest absolute Gasteiger partial charge is 0.275 e. The fraction of sp³-hybridized carbons (Fsp3) is 0.556. The molecular formula is C9H13ClN2O. The normalized spacial score (nSPS) is 10.4. The second-order valence-corrected chi connectivity index (χ2v) is 3.36. The average molecular weight is 201 g/mol. The van der Waals surface area contributed by atoms with Crippen molar-refractivity contribution in [1.29, 1.82) is 0 Å². The van der Waals surface area contributed by atoms with Crippen LogP contribution in [0.3, 0.4) is 0 Å². The van der Waals surface area contributed by atoms with E-state index in [2.05, 4.69) is 12.0 Å². The molecule has 0 saturated heterocycles. The molecule has 4 heteroatoms. The lowest BCUT2D eigenvalue weighted by molar-refractivity contribution is 0.108. The molecule has 0 aromatic carbocycles. The summed E-state index contributed by atoms with van der Waals surface area (Å²) >= 11 is 5.36.